The van der Waals surface area contributed by atoms with Crippen LogP contribution in [0.25, 0.3) is 0 Å². The molecule has 2 aliphatic carbocycles. The molecule has 2 heterocycles. The summed E-state index contributed by atoms with van der Waals surface area (Å²) in [6.07, 6.45) is 3.15. The summed E-state index contributed by atoms with van der Waals surface area (Å²) in [5.74, 6) is 2.95. The van der Waals surface area contributed by atoms with Crippen LogP contribution >= 0.6 is 0 Å². The fourth-order valence-electron chi connectivity index (χ4n) is 5.12. The lowest BCUT2D eigenvalue weighted by Gasteiger charge is -2.26. The molecule has 0 N–H and O–H groups in total. The molecule has 1 amide bonds. The van der Waals surface area contributed by atoms with Gasteiger partial charge in [0.05, 0.1) is 5.56 Å². The van der Waals surface area contributed by atoms with Crippen LogP contribution in [0.5, 0.6) is 0 Å². The Morgan fingerprint density at radius 1 is 1.11 bits per heavy atom. The molecule has 3 atom stereocenters. The Balaban J connectivity index is 1.32. The lowest BCUT2D eigenvalue weighted by molar-refractivity contribution is -0.137. The van der Waals surface area contributed by atoms with Gasteiger partial charge in [0.1, 0.15) is 5.82 Å². The lowest BCUT2D eigenvalue weighted by Crippen LogP contribution is -2.36. The van der Waals surface area contributed by atoms with E-state index in [1.165, 1.54) is 31.7 Å². The van der Waals surface area contributed by atoms with E-state index in [-0.39, 0.29) is 5.91 Å². The van der Waals surface area contributed by atoms with Crippen molar-refractivity contribution < 1.29 is 18.0 Å². The number of amides is 1. The van der Waals surface area contributed by atoms with E-state index in [1.54, 1.807) is 0 Å². The first-order chi connectivity index (χ1) is 12.9. The van der Waals surface area contributed by atoms with Crippen LogP contribution in [0.3, 0.4) is 0 Å². The first kappa shape index (κ1) is 18.6. The molecule has 7 heteroatoms. The van der Waals surface area contributed by atoms with E-state index in [0.717, 1.165) is 37.1 Å². The Labute approximate surface area is 157 Å². The van der Waals surface area contributed by atoms with E-state index in [1.807, 2.05) is 9.80 Å². The van der Waals surface area contributed by atoms with E-state index in [0.29, 0.717) is 37.8 Å². The number of hydrogen-bond donors (Lipinski definition) is 0. The molecule has 2 saturated carbocycles. The van der Waals surface area contributed by atoms with Crippen molar-refractivity contribution in [1.29, 1.82) is 0 Å². The highest BCUT2D eigenvalue weighted by atomic mass is 19.4. The summed E-state index contributed by atoms with van der Waals surface area (Å²) in [5.41, 5.74) is -0.733. The van der Waals surface area contributed by atoms with Crippen molar-refractivity contribution in [1.82, 2.24) is 9.88 Å². The number of fused-ring (bicyclic) bond motifs is 2. The van der Waals surface area contributed by atoms with Crippen LogP contribution in [0.4, 0.5) is 19.0 Å². The minimum Gasteiger partial charge on any atom is -0.355 e. The van der Waals surface area contributed by atoms with Crippen LogP contribution in [0.2, 0.25) is 0 Å². The van der Waals surface area contributed by atoms with Gasteiger partial charge in [-0.1, -0.05) is 6.42 Å². The summed E-state index contributed by atoms with van der Waals surface area (Å²) in [6, 6.07) is 2.50. The molecule has 1 aliphatic heterocycles. The van der Waals surface area contributed by atoms with Crippen LogP contribution < -0.4 is 4.90 Å². The number of carbonyl (C=O) groups excluding carboxylic acids is 1. The van der Waals surface area contributed by atoms with Crippen molar-refractivity contribution in [2.24, 2.45) is 17.8 Å². The third-order valence-corrected chi connectivity index (χ3v) is 6.57. The molecule has 2 bridgehead atoms. The van der Waals surface area contributed by atoms with Crippen molar-refractivity contribution in [3.05, 3.63) is 23.9 Å². The van der Waals surface area contributed by atoms with Gasteiger partial charge in [-0.05, 0) is 55.6 Å². The van der Waals surface area contributed by atoms with Gasteiger partial charge in [0.15, 0.2) is 0 Å². The Morgan fingerprint density at radius 2 is 1.96 bits per heavy atom. The minimum absolute atomic E-state index is 0.245. The molecule has 148 valence electrons. The van der Waals surface area contributed by atoms with Crippen molar-refractivity contribution in [2.75, 3.05) is 31.1 Å². The zero-order valence-corrected chi connectivity index (χ0v) is 15.4. The normalized spacial score (nSPS) is 28.5. The SMILES string of the molecule is O=C(CC1CC2CCC1C2)N1CCCN(c2ccc(C(F)(F)F)cn2)CC1. The fraction of sp³-hybridized carbons (Fsp3) is 0.700. The maximum Gasteiger partial charge on any atom is 0.417 e. The number of halogens is 3. The van der Waals surface area contributed by atoms with Crippen LogP contribution in [0.15, 0.2) is 18.3 Å². The van der Waals surface area contributed by atoms with Crippen molar-refractivity contribution in [3.63, 3.8) is 0 Å². The number of hydrogen-bond acceptors (Lipinski definition) is 3. The van der Waals surface area contributed by atoms with E-state index in [2.05, 4.69) is 4.98 Å². The number of anilines is 1. The second-order valence-corrected chi connectivity index (χ2v) is 8.26. The van der Waals surface area contributed by atoms with Gasteiger partial charge in [0.2, 0.25) is 5.91 Å². The molecule has 0 radical (unpaired) electrons. The molecular formula is C20H26F3N3O. The average Bonchev–Trinajstić information content (AvgIpc) is 3.16. The molecular weight excluding hydrogens is 355 g/mol. The topological polar surface area (TPSA) is 36.4 Å². The summed E-state index contributed by atoms with van der Waals surface area (Å²) in [4.78, 5) is 20.7. The minimum atomic E-state index is -4.37. The van der Waals surface area contributed by atoms with Crippen LogP contribution in [-0.4, -0.2) is 42.0 Å². The second kappa shape index (κ2) is 7.32. The van der Waals surface area contributed by atoms with Crippen LogP contribution in [-0.2, 0) is 11.0 Å². The zero-order chi connectivity index (χ0) is 19.0. The second-order valence-electron chi connectivity index (χ2n) is 8.26. The Hall–Kier alpha value is -1.79. The molecule has 27 heavy (non-hydrogen) atoms. The van der Waals surface area contributed by atoms with Crippen molar-refractivity contribution in [2.45, 2.75) is 44.7 Å². The monoisotopic (exact) mass is 381 g/mol. The Morgan fingerprint density at radius 3 is 2.59 bits per heavy atom. The van der Waals surface area contributed by atoms with Gasteiger partial charge in [0.25, 0.3) is 0 Å². The van der Waals surface area contributed by atoms with Gasteiger partial charge >= 0.3 is 6.18 Å². The van der Waals surface area contributed by atoms with Gasteiger partial charge in [0, 0.05) is 38.8 Å². The summed E-state index contributed by atoms with van der Waals surface area (Å²) in [5, 5.41) is 0. The van der Waals surface area contributed by atoms with E-state index >= 15 is 0 Å². The summed E-state index contributed by atoms with van der Waals surface area (Å²) >= 11 is 0. The predicted molar refractivity (Wildman–Crippen MR) is 96.2 cm³/mol. The van der Waals surface area contributed by atoms with E-state index in [9.17, 15) is 18.0 Å². The van der Waals surface area contributed by atoms with Gasteiger partial charge in [-0.15, -0.1) is 0 Å². The lowest BCUT2D eigenvalue weighted by atomic mass is 9.86. The zero-order valence-electron chi connectivity index (χ0n) is 15.4. The number of rotatable bonds is 3. The molecule has 0 aromatic carbocycles. The third kappa shape index (κ3) is 4.06. The van der Waals surface area contributed by atoms with Crippen LogP contribution in [0, 0.1) is 17.8 Å². The van der Waals surface area contributed by atoms with E-state index < -0.39 is 11.7 Å². The standard InChI is InChI=1S/C20H26F3N3O/c21-20(22,23)17-4-5-18(24-13-17)25-6-1-7-26(9-8-25)19(27)12-16-11-14-2-3-15(16)10-14/h4-5,13-16H,1-3,6-12H2. The smallest absolute Gasteiger partial charge is 0.355 e. The largest absolute Gasteiger partial charge is 0.417 e. The highest BCUT2D eigenvalue weighted by molar-refractivity contribution is 5.76. The van der Waals surface area contributed by atoms with Crippen molar-refractivity contribution >= 4 is 11.7 Å². The van der Waals surface area contributed by atoms with Gasteiger partial charge < -0.3 is 9.80 Å². The maximum atomic E-state index is 12.7. The van der Waals surface area contributed by atoms with E-state index in [4.69, 9.17) is 0 Å². The average molecular weight is 381 g/mol. The summed E-state index contributed by atoms with van der Waals surface area (Å²) in [6.45, 7) is 2.65. The first-order valence-corrected chi connectivity index (χ1v) is 9.96. The number of pyridine rings is 1. The molecule has 4 nitrogen and oxygen atoms in total. The van der Waals surface area contributed by atoms with Gasteiger partial charge in [-0.3, -0.25) is 4.79 Å². The number of alkyl halides is 3. The first-order valence-electron chi connectivity index (χ1n) is 9.96. The molecule has 3 fully saturated rings. The number of aromatic nitrogens is 1. The molecule has 3 unspecified atom stereocenters. The molecule has 1 aromatic heterocycles. The molecule has 3 aliphatic rings. The molecule has 0 spiro atoms. The predicted octanol–water partition coefficient (Wildman–Crippen LogP) is 3.97. The highest BCUT2D eigenvalue weighted by Crippen LogP contribution is 2.49. The van der Waals surface area contributed by atoms with Gasteiger partial charge in [-0.2, -0.15) is 13.2 Å². The summed E-state index contributed by atoms with van der Waals surface area (Å²) in [7, 11) is 0. The molecule has 1 saturated heterocycles. The highest BCUT2D eigenvalue weighted by Gasteiger charge is 2.40. The van der Waals surface area contributed by atoms with Crippen LogP contribution in [0.1, 0.15) is 44.1 Å². The number of carbonyl (C=O) groups is 1. The number of nitrogens with zero attached hydrogens (tertiary/aromatic N) is 3. The Bertz CT molecular complexity index is 676. The van der Waals surface area contributed by atoms with Gasteiger partial charge in [-0.25, -0.2) is 4.98 Å². The molecule has 4 rings (SSSR count). The summed E-state index contributed by atoms with van der Waals surface area (Å²) < 4.78 is 38.1. The fourth-order valence-corrected chi connectivity index (χ4v) is 5.12. The molecule has 1 aromatic rings. The quantitative estimate of drug-likeness (QED) is 0.795. The maximum absolute atomic E-state index is 12.7. The third-order valence-electron chi connectivity index (χ3n) is 6.57. The van der Waals surface area contributed by atoms with Crippen molar-refractivity contribution in [3.8, 4) is 0 Å². The Kier molecular flexibility index (Phi) is 5.03.